The lowest BCUT2D eigenvalue weighted by Gasteiger charge is -2.27. The Kier molecular flexibility index (Phi) is 40.0. The highest BCUT2D eigenvalue weighted by Crippen LogP contribution is 2.39. The molecule has 130 heavy (non-hydrogen) atoms. The third-order valence-electron chi connectivity index (χ3n) is 20.3. The Morgan fingerprint density at radius 2 is 0.500 bits per heavy atom. The number of benzene rings is 12. The van der Waals surface area contributed by atoms with Crippen LogP contribution in [0.4, 0.5) is 22.0 Å². The van der Waals surface area contributed by atoms with E-state index in [1.54, 1.807) is 110 Å². The first kappa shape index (κ1) is 107. The number of rotatable bonds is 18. The van der Waals surface area contributed by atoms with Gasteiger partial charge in [-0.2, -0.15) is 0 Å². The van der Waals surface area contributed by atoms with E-state index < -0.39 is 0 Å². The minimum Gasteiger partial charge on any atom is -0.507 e. The molecule has 12 aromatic rings. The molecule has 0 spiro atoms. The summed E-state index contributed by atoms with van der Waals surface area (Å²) in [7, 11) is 11.8. The van der Waals surface area contributed by atoms with Gasteiger partial charge in [-0.15, -0.1) is 0 Å². The van der Waals surface area contributed by atoms with Gasteiger partial charge < -0.3 is 30.6 Å². The molecule has 0 aliphatic rings. The number of hydrogen-bond acceptors (Lipinski definition) is 12. The molecule has 6 N–H and O–H groups in total. The molecule has 6 atom stereocenters. The smallest absolute Gasteiger partial charge is 0.127 e. The fourth-order valence-electron chi connectivity index (χ4n) is 13.4. The van der Waals surface area contributed by atoms with Crippen LogP contribution >= 0.6 is 51.5 Å². The number of phenolic OH excluding ortho intramolecular Hbond substituents is 6. The van der Waals surface area contributed by atoms with Gasteiger partial charge in [0.15, 0.2) is 0 Å². The molecular weight excluding hydrogens is 1750 g/mol. The molecule has 23 heteroatoms. The van der Waals surface area contributed by atoms with Gasteiger partial charge in [-0.1, -0.05) is 237 Å². The molecule has 0 saturated carbocycles. The first-order valence-electron chi connectivity index (χ1n) is 42.3. The maximum atomic E-state index is 13.6. The lowest BCUT2D eigenvalue weighted by molar-refractivity contribution is 0.448. The van der Waals surface area contributed by atoms with E-state index in [1.165, 1.54) is 88.2 Å². The Morgan fingerprint density at radius 1 is 0.231 bits per heavy atom. The summed E-state index contributed by atoms with van der Waals surface area (Å²) in [6.45, 7) is 39.5. The van der Waals surface area contributed by atoms with Gasteiger partial charge in [0, 0.05) is 156 Å². The molecule has 0 radical (unpaired) electrons. The molecule has 12 aromatic carbocycles. The van der Waals surface area contributed by atoms with Crippen molar-refractivity contribution in [2.75, 3.05) is 42.3 Å². The maximum Gasteiger partial charge on any atom is 0.127 e. The van der Waals surface area contributed by atoms with Gasteiger partial charge in [0.1, 0.15) is 63.6 Å². The highest BCUT2D eigenvalue weighted by atomic mass is 31.1. The van der Waals surface area contributed by atoms with Gasteiger partial charge in [0.2, 0.25) is 0 Å². The Balaban J connectivity index is 0.000000214. The Morgan fingerprint density at radius 3 is 0.862 bits per heavy atom. The van der Waals surface area contributed by atoms with Crippen LogP contribution in [0.1, 0.15) is 178 Å². The number of halogens is 5. The first-order chi connectivity index (χ1) is 61.1. The predicted octanol–water partition coefficient (Wildman–Crippen LogP) is 20.5. The molecule has 684 valence electrons. The summed E-state index contributed by atoms with van der Waals surface area (Å²) in [5.74, 6) is 0.588. The molecule has 0 aromatic heterocycles. The van der Waals surface area contributed by atoms with Crippen LogP contribution in [0, 0.1) is 77.6 Å². The summed E-state index contributed by atoms with van der Waals surface area (Å²) in [5.41, 5.74) is 16.1. The Labute approximate surface area is 777 Å². The molecule has 0 aliphatic heterocycles. The van der Waals surface area contributed by atoms with E-state index in [4.69, 9.17) is 0 Å². The fourth-order valence-corrected chi connectivity index (χ4v) is 21.1. The summed E-state index contributed by atoms with van der Waals surface area (Å²) >= 11 is 0. The van der Waals surface area contributed by atoms with Crippen LogP contribution in [0.3, 0.4) is 0 Å². The topological polar surface area (TPSA) is 196 Å². The zero-order chi connectivity index (χ0) is 96.4. The van der Waals surface area contributed by atoms with Crippen molar-refractivity contribution in [2.45, 2.75) is 153 Å². The van der Waals surface area contributed by atoms with Crippen LogP contribution in [0.15, 0.2) is 224 Å². The number of aryl methyl sites for hydroxylation is 7. The molecular formula is C107H125F5N6O6P6. The summed E-state index contributed by atoms with van der Waals surface area (Å²) in [6.07, 6.45) is 10.1. The van der Waals surface area contributed by atoms with Crippen molar-refractivity contribution in [1.29, 1.82) is 0 Å². The second-order valence-corrected chi connectivity index (χ2v) is 43.6. The molecule has 12 nitrogen and oxygen atoms in total. The summed E-state index contributed by atoms with van der Waals surface area (Å²) in [5, 5.41) is 73.6. The van der Waals surface area contributed by atoms with Gasteiger partial charge >= 0.3 is 0 Å². The van der Waals surface area contributed by atoms with Crippen molar-refractivity contribution in [2.24, 2.45) is 30.0 Å². The van der Waals surface area contributed by atoms with Gasteiger partial charge in [-0.05, 0) is 244 Å². The normalized spacial score (nSPS) is 12.4. The summed E-state index contributed by atoms with van der Waals surface area (Å²) in [4.78, 5) is 24.0. The maximum absolute atomic E-state index is 13.6. The van der Waals surface area contributed by atoms with Crippen molar-refractivity contribution in [3.63, 3.8) is 0 Å². The van der Waals surface area contributed by atoms with Gasteiger partial charge in [-0.25, -0.2) is 22.0 Å². The largest absolute Gasteiger partial charge is 0.507 e. The van der Waals surface area contributed by atoms with Crippen LogP contribution in [-0.4, -0.2) is 110 Å². The number of nitrogens with zero attached hydrogens (tertiary/aromatic N) is 6. The van der Waals surface area contributed by atoms with Crippen LogP contribution in [-0.2, 0) is 21.7 Å². The van der Waals surface area contributed by atoms with Gasteiger partial charge in [-0.3, -0.25) is 30.0 Å². The standard InChI is InChI=1S/C22H29FNOP.C20H26NOP.C19H23FNOP.C16H17FNOP.2C15H15FNOP/c1-21(2,3)15-11-17(22(4,5)6)20(25)19(12-15)26-18-9-8-16(23)10-14(18)13-24-7;1-13-7-8-17(15(9-13)12-21-6)23-18-11-14(2)10-16(19(18)22)20(3,4)5;1-12-8-14(19(2,3)4)10-17(18(12)22)23-16-7-6-15(20)9-13(16)11-21-5;1-10-6-11(2)16(19)15(7-10)20-14-5-4-13(17)8-12(14)9-18-3;1-10-3-5-13(18)15(7-10)19-14-6-4-12(16)8-11(14)9-17-2;1-10-4-3-5-14(15(10)18)19-13-7-6-12(16)8-11(13)9-17-2/h8-13,25-26H,1-7H3;7-12,22-23H,1-6H3;6-11,22-23H,1-5H3;4-9,19-20H,1-3H3;2*3-9,18-19H,1-2H3. The molecule has 12 rings (SSSR count). The van der Waals surface area contributed by atoms with E-state index in [0.717, 1.165) is 131 Å². The second-order valence-electron chi connectivity index (χ2n) is 35.6. The molecule has 0 aliphatic carbocycles. The number of aromatic hydroxyl groups is 6. The third kappa shape index (κ3) is 31.7. The van der Waals surface area contributed by atoms with Crippen molar-refractivity contribution in [3.8, 4) is 34.5 Å². The highest BCUT2D eigenvalue weighted by Gasteiger charge is 2.27. The number of para-hydroxylation sites is 1. The second kappa shape index (κ2) is 48.7. The van der Waals surface area contributed by atoms with Crippen molar-refractivity contribution in [1.82, 2.24) is 0 Å². The molecule has 0 saturated heterocycles. The van der Waals surface area contributed by atoms with Crippen LogP contribution in [0.5, 0.6) is 34.5 Å². The number of aliphatic imine (C=N–C) groups is 6. The monoisotopic (exact) mass is 1870 g/mol. The lowest BCUT2D eigenvalue weighted by Crippen LogP contribution is -2.21. The Hall–Kier alpha value is -10.3. The average molecular weight is 1870 g/mol. The van der Waals surface area contributed by atoms with Crippen LogP contribution in [0.2, 0.25) is 0 Å². The lowest BCUT2D eigenvalue weighted by atomic mass is 9.80. The molecule has 0 bridgehead atoms. The minimum absolute atomic E-state index is 0.00813. The zero-order valence-electron chi connectivity index (χ0n) is 79.2. The molecule has 6 unspecified atom stereocenters. The van der Waals surface area contributed by atoms with E-state index in [2.05, 4.69) is 175 Å². The van der Waals surface area contributed by atoms with Gasteiger partial charge in [0.25, 0.3) is 0 Å². The highest BCUT2D eigenvalue weighted by molar-refractivity contribution is 7.57. The summed E-state index contributed by atoms with van der Waals surface area (Å²) < 4.78 is 66.9. The minimum atomic E-state index is -0.281. The SMILES string of the molecule is CN=Cc1cc(C)ccc1Pc1cc(C)cc(C(C)(C)C)c1O.CN=Cc1cc(F)ccc1Pc1cc(C(C)(C)C)cc(C(C)(C)C)c1O.CN=Cc1cc(F)ccc1Pc1cc(C(C)(C)C)cc(C)c1O.CN=Cc1cc(F)ccc1Pc1cc(C)cc(C)c1O.CN=Cc1cc(F)ccc1Pc1cc(C)ccc1O.CN=Cc1cc(F)ccc1Pc1cccc(C)c1O. The quantitative estimate of drug-likeness (QED) is 0.0281. The zero-order valence-corrected chi connectivity index (χ0v) is 85.2. The third-order valence-corrected chi connectivity index (χ3v) is 28.6. The van der Waals surface area contributed by atoms with E-state index in [-0.39, 0.29) is 99.4 Å². The van der Waals surface area contributed by atoms with Crippen LogP contribution < -0.4 is 63.7 Å². The van der Waals surface area contributed by atoms with Crippen molar-refractivity contribution >= 4 is 152 Å². The number of hydrogen-bond donors (Lipinski definition) is 6. The average Bonchev–Trinajstić information content (AvgIpc) is 0.742. The molecule has 0 amide bonds. The molecule has 0 fully saturated rings. The predicted molar refractivity (Wildman–Crippen MR) is 562 cm³/mol. The summed E-state index contributed by atoms with van der Waals surface area (Å²) in [6, 6.07) is 57.3. The van der Waals surface area contributed by atoms with Crippen molar-refractivity contribution in [3.05, 3.63) is 318 Å². The number of phenols is 6. The van der Waals surface area contributed by atoms with Crippen molar-refractivity contribution < 1.29 is 52.6 Å². The van der Waals surface area contributed by atoms with E-state index in [9.17, 15) is 52.6 Å². The Bertz CT molecular complexity index is 6020. The first-order valence-corrected chi connectivity index (χ1v) is 48.3. The van der Waals surface area contributed by atoms with E-state index >= 15 is 0 Å². The van der Waals surface area contributed by atoms with Crippen LogP contribution in [0.25, 0.3) is 0 Å². The fraction of sp³-hybridized carbons (Fsp3) is 0.271. The molecule has 0 heterocycles. The van der Waals surface area contributed by atoms with Gasteiger partial charge in [0.05, 0.1) is 0 Å². The van der Waals surface area contributed by atoms with E-state index in [1.807, 2.05) is 89.4 Å². The van der Waals surface area contributed by atoms with E-state index in [0.29, 0.717) is 37.3 Å².